The molecule has 0 unspecified atom stereocenters. The van der Waals surface area contributed by atoms with Gasteiger partial charge in [0.25, 0.3) is 0 Å². The molecule has 0 heterocycles. The van der Waals surface area contributed by atoms with Crippen LogP contribution in [0.25, 0.3) is 0 Å². The maximum Gasteiger partial charge on any atom is 0.232 e. The van der Waals surface area contributed by atoms with E-state index in [2.05, 4.69) is 11.2 Å². The summed E-state index contributed by atoms with van der Waals surface area (Å²) in [5.41, 5.74) is 5.27. The average Bonchev–Trinajstić information content (AvgIpc) is 2.04. The number of terminal acetylenes is 1. The van der Waals surface area contributed by atoms with E-state index in [0.717, 1.165) is 0 Å². The first-order chi connectivity index (χ1) is 6.11. The molecule has 0 aromatic heterocycles. The molecule has 0 aromatic carbocycles. The Labute approximate surface area is 77.9 Å². The summed E-state index contributed by atoms with van der Waals surface area (Å²) in [7, 11) is 0. The molecular weight excluding hydrogens is 168 g/mol. The fraction of sp³-hybridized carbons (Fsp3) is 0.556. The Kier molecular flexibility index (Phi) is 5.57. The van der Waals surface area contributed by atoms with Crippen LogP contribution in [0.2, 0.25) is 0 Å². The van der Waals surface area contributed by atoms with Gasteiger partial charge in [-0.25, -0.2) is 0 Å². The number of carbonyl (C=O) groups is 2. The van der Waals surface area contributed by atoms with Crippen LogP contribution in [-0.4, -0.2) is 24.3 Å². The van der Waals surface area contributed by atoms with Crippen LogP contribution in [0.4, 0.5) is 0 Å². The smallest absolute Gasteiger partial charge is 0.232 e. The zero-order valence-electron chi connectivity index (χ0n) is 7.67. The highest BCUT2D eigenvalue weighted by molar-refractivity contribution is 5.88. The third kappa shape index (κ3) is 4.99. The van der Waals surface area contributed by atoms with Crippen molar-refractivity contribution in [3.05, 3.63) is 0 Å². The van der Waals surface area contributed by atoms with E-state index in [1.165, 1.54) is 6.92 Å². The van der Waals surface area contributed by atoms with Crippen molar-refractivity contribution in [2.45, 2.75) is 25.8 Å². The molecule has 0 bridgehead atoms. The number of rotatable bonds is 5. The molecule has 3 N–H and O–H groups in total. The zero-order valence-corrected chi connectivity index (χ0v) is 7.67. The molecule has 0 radical (unpaired) electrons. The molecule has 0 aliphatic carbocycles. The topological polar surface area (TPSA) is 72.2 Å². The van der Waals surface area contributed by atoms with Gasteiger partial charge in [0.05, 0.1) is 12.5 Å². The third-order valence-corrected chi connectivity index (χ3v) is 1.54. The molecule has 0 saturated heterocycles. The lowest BCUT2D eigenvalue weighted by molar-refractivity contribution is -0.126. The SMILES string of the molecule is C#CCC(=O)N[C@@H](CCN)C(C)=O. The van der Waals surface area contributed by atoms with Gasteiger partial charge in [-0.15, -0.1) is 6.42 Å². The van der Waals surface area contributed by atoms with Crippen molar-refractivity contribution >= 4 is 11.7 Å². The minimum atomic E-state index is -0.495. The molecule has 13 heavy (non-hydrogen) atoms. The minimum Gasteiger partial charge on any atom is -0.345 e. The molecule has 1 atom stereocenters. The number of ketones is 1. The molecule has 0 saturated carbocycles. The van der Waals surface area contributed by atoms with Gasteiger partial charge in [-0.1, -0.05) is 5.92 Å². The first-order valence-electron chi connectivity index (χ1n) is 4.05. The van der Waals surface area contributed by atoms with Crippen LogP contribution in [0.1, 0.15) is 19.8 Å². The summed E-state index contributed by atoms with van der Waals surface area (Å²) in [6.07, 6.45) is 5.38. The van der Waals surface area contributed by atoms with E-state index in [1.807, 2.05) is 0 Å². The number of carbonyl (C=O) groups excluding carboxylic acids is 2. The van der Waals surface area contributed by atoms with Crippen LogP contribution in [0.15, 0.2) is 0 Å². The first-order valence-corrected chi connectivity index (χ1v) is 4.05. The van der Waals surface area contributed by atoms with Gasteiger partial charge < -0.3 is 11.1 Å². The fourth-order valence-corrected chi connectivity index (χ4v) is 0.882. The van der Waals surface area contributed by atoms with E-state index in [-0.39, 0.29) is 18.1 Å². The van der Waals surface area contributed by atoms with E-state index >= 15 is 0 Å². The number of nitrogens with one attached hydrogen (secondary N) is 1. The van der Waals surface area contributed by atoms with Crippen LogP contribution in [0, 0.1) is 12.3 Å². The Morgan fingerprint density at radius 3 is 2.62 bits per heavy atom. The van der Waals surface area contributed by atoms with E-state index in [4.69, 9.17) is 12.2 Å². The first kappa shape index (κ1) is 11.7. The van der Waals surface area contributed by atoms with Gasteiger partial charge in [0, 0.05) is 0 Å². The highest BCUT2D eigenvalue weighted by atomic mass is 16.2. The summed E-state index contributed by atoms with van der Waals surface area (Å²) in [6, 6.07) is -0.495. The molecule has 1 amide bonds. The molecule has 0 aliphatic heterocycles. The standard InChI is InChI=1S/C9H14N2O2/c1-3-4-9(13)11-8(5-6-10)7(2)12/h1,8H,4-6,10H2,2H3,(H,11,13)/t8-/m0/s1. The Balaban J connectivity index is 4.03. The Bertz CT molecular complexity index is 230. The maximum absolute atomic E-state index is 11.0. The summed E-state index contributed by atoms with van der Waals surface area (Å²) < 4.78 is 0. The molecule has 0 spiro atoms. The molecule has 0 aliphatic rings. The van der Waals surface area contributed by atoms with Crippen molar-refractivity contribution in [3.8, 4) is 12.3 Å². The van der Waals surface area contributed by atoms with E-state index < -0.39 is 6.04 Å². The van der Waals surface area contributed by atoms with Crippen molar-refractivity contribution in [1.82, 2.24) is 5.32 Å². The third-order valence-electron chi connectivity index (χ3n) is 1.54. The van der Waals surface area contributed by atoms with Crippen molar-refractivity contribution in [2.75, 3.05) is 6.54 Å². The highest BCUT2D eigenvalue weighted by Gasteiger charge is 2.14. The normalized spacial score (nSPS) is 11.5. The second-order valence-electron chi connectivity index (χ2n) is 2.69. The number of Topliss-reactive ketones (excluding diaryl/α,β-unsaturated/α-hetero) is 1. The summed E-state index contributed by atoms with van der Waals surface area (Å²) in [5, 5.41) is 2.51. The van der Waals surface area contributed by atoms with E-state index in [9.17, 15) is 9.59 Å². The Morgan fingerprint density at radius 2 is 2.23 bits per heavy atom. The Morgan fingerprint density at radius 1 is 1.62 bits per heavy atom. The Hall–Kier alpha value is -1.34. The second kappa shape index (κ2) is 6.21. The number of nitrogens with two attached hydrogens (primary N) is 1. The number of amides is 1. The average molecular weight is 182 g/mol. The maximum atomic E-state index is 11.0. The molecule has 4 nitrogen and oxygen atoms in total. The van der Waals surface area contributed by atoms with Crippen molar-refractivity contribution in [3.63, 3.8) is 0 Å². The summed E-state index contributed by atoms with van der Waals surface area (Å²) in [5.74, 6) is 1.79. The van der Waals surface area contributed by atoms with Crippen LogP contribution in [0.3, 0.4) is 0 Å². The highest BCUT2D eigenvalue weighted by Crippen LogP contribution is 1.92. The second-order valence-corrected chi connectivity index (χ2v) is 2.69. The van der Waals surface area contributed by atoms with Gasteiger partial charge in [-0.2, -0.15) is 0 Å². The minimum absolute atomic E-state index is 0.00560. The van der Waals surface area contributed by atoms with Crippen LogP contribution in [-0.2, 0) is 9.59 Å². The lowest BCUT2D eigenvalue weighted by atomic mass is 10.1. The van der Waals surface area contributed by atoms with Gasteiger partial charge in [0.1, 0.15) is 0 Å². The van der Waals surface area contributed by atoms with E-state index in [1.54, 1.807) is 0 Å². The largest absolute Gasteiger partial charge is 0.345 e. The van der Waals surface area contributed by atoms with Gasteiger partial charge in [-0.05, 0) is 19.9 Å². The fourth-order valence-electron chi connectivity index (χ4n) is 0.882. The molecule has 0 aromatic rings. The predicted molar refractivity (Wildman–Crippen MR) is 49.7 cm³/mol. The number of hydrogen-bond acceptors (Lipinski definition) is 3. The monoisotopic (exact) mass is 182 g/mol. The molecule has 0 rings (SSSR count). The lowest BCUT2D eigenvalue weighted by Gasteiger charge is -2.13. The quantitative estimate of drug-likeness (QED) is 0.559. The summed E-state index contributed by atoms with van der Waals surface area (Å²) >= 11 is 0. The number of hydrogen-bond donors (Lipinski definition) is 2. The zero-order chi connectivity index (χ0) is 10.3. The molecule has 0 fully saturated rings. The van der Waals surface area contributed by atoms with Crippen molar-refractivity contribution in [2.24, 2.45) is 5.73 Å². The lowest BCUT2D eigenvalue weighted by Crippen LogP contribution is -2.40. The van der Waals surface area contributed by atoms with E-state index in [0.29, 0.717) is 13.0 Å². The van der Waals surface area contributed by atoms with Crippen molar-refractivity contribution in [1.29, 1.82) is 0 Å². The molecular formula is C9H14N2O2. The molecule has 4 heteroatoms. The van der Waals surface area contributed by atoms with Crippen molar-refractivity contribution < 1.29 is 9.59 Å². The summed E-state index contributed by atoms with van der Waals surface area (Å²) in [6.45, 7) is 1.77. The predicted octanol–water partition coefficient (Wildman–Crippen LogP) is -0.568. The van der Waals surface area contributed by atoms with Gasteiger partial charge >= 0.3 is 0 Å². The van der Waals surface area contributed by atoms with Gasteiger partial charge in [0.15, 0.2) is 5.78 Å². The van der Waals surface area contributed by atoms with Crippen LogP contribution in [0.5, 0.6) is 0 Å². The summed E-state index contributed by atoms with van der Waals surface area (Å²) in [4.78, 5) is 21.9. The van der Waals surface area contributed by atoms with Crippen LogP contribution >= 0.6 is 0 Å². The van der Waals surface area contributed by atoms with Gasteiger partial charge in [-0.3, -0.25) is 9.59 Å². The molecule has 72 valence electrons. The van der Waals surface area contributed by atoms with Crippen LogP contribution < -0.4 is 11.1 Å². The van der Waals surface area contributed by atoms with Gasteiger partial charge in [0.2, 0.25) is 5.91 Å².